The number of benzene rings is 1. The van der Waals surface area contributed by atoms with Crippen LogP contribution in [0, 0.1) is 5.92 Å². The summed E-state index contributed by atoms with van der Waals surface area (Å²) in [6, 6.07) is 9.15. The molecule has 1 fully saturated rings. The van der Waals surface area contributed by atoms with Crippen LogP contribution in [0.3, 0.4) is 0 Å². The van der Waals surface area contributed by atoms with Gasteiger partial charge in [0.15, 0.2) is 5.96 Å². The second-order valence-corrected chi connectivity index (χ2v) is 5.98. The van der Waals surface area contributed by atoms with Crippen LogP contribution in [0.2, 0.25) is 0 Å². The normalized spacial score (nSPS) is 27.5. The zero-order valence-corrected chi connectivity index (χ0v) is 12.9. The average Bonchev–Trinajstić information content (AvgIpc) is 3.25. The van der Waals surface area contributed by atoms with E-state index in [0.29, 0.717) is 6.04 Å². The SMILES string of the molecule is CCCC1CC1NC(=NC)NC1CCOc2ccccc21. The van der Waals surface area contributed by atoms with Crippen LogP contribution in [0.4, 0.5) is 0 Å². The van der Waals surface area contributed by atoms with Crippen molar-refractivity contribution in [2.75, 3.05) is 13.7 Å². The van der Waals surface area contributed by atoms with Gasteiger partial charge in [-0.3, -0.25) is 4.99 Å². The van der Waals surface area contributed by atoms with Crippen LogP contribution >= 0.6 is 0 Å². The predicted octanol–water partition coefficient (Wildman–Crippen LogP) is 2.86. The van der Waals surface area contributed by atoms with Crippen molar-refractivity contribution in [3.8, 4) is 5.75 Å². The maximum absolute atomic E-state index is 5.71. The molecule has 3 rings (SSSR count). The molecule has 1 aliphatic heterocycles. The highest BCUT2D eigenvalue weighted by molar-refractivity contribution is 5.81. The van der Waals surface area contributed by atoms with E-state index in [1.54, 1.807) is 0 Å². The van der Waals surface area contributed by atoms with Crippen molar-refractivity contribution < 1.29 is 4.74 Å². The Bertz CT molecular complexity index is 515. The molecule has 0 spiro atoms. The van der Waals surface area contributed by atoms with E-state index in [-0.39, 0.29) is 6.04 Å². The number of fused-ring (bicyclic) bond motifs is 1. The Morgan fingerprint density at radius 1 is 1.33 bits per heavy atom. The molecule has 2 aliphatic rings. The molecular weight excluding hydrogens is 262 g/mol. The molecular formula is C17H25N3O. The van der Waals surface area contributed by atoms with Crippen molar-refractivity contribution in [2.24, 2.45) is 10.9 Å². The van der Waals surface area contributed by atoms with Crippen LogP contribution in [0.25, 0.3) is 0 Å². The van der Waals surface area contributed by atoms with E-state index in [1.165, 1.54) is 24.8 Å². The number of rotatable bonds is 4. The summed E-state index contributed by atoms with van der Waals surface area (Å²) in [5.74, 6) is 2.74. The third-order valence-electron chi connectivity index (χ3n) is 4.40. The van der Waals surface area contributed by atoms with E-state index in [1.807, 2.05) is 19.2 Å². The summed E-state index contributed by atoms with van der Waals surface area (Å²) in [4.78, 5) is 4.38. The van der Waals surface area contributed by atoms with Gasteiger partial charge in [-0.05, 0) is 24.8 Å². The van der Waals surface area contributed by atoms with Gasteiger partial charge in [0.25, 0.3) is 0 Å². The summed E-state index contributed by atoms with van der Waals surface area (Å²) in [5, 5.41) is 7.11. The molecule has 1 saturated carbocycles. The van der Waals surface area contributed by atoms with Crippen LogP contribution < -0.4 is 15.4 Å². The maximum atomic E-state index is 5.71. The number of ether oxygens (including phenoxy) is 1. The fourth-order valence-corrected chi connectivity index (χ4v) is 3.12. The third-order valence-corrected chi connectivity index (χ3v) is 4.40. The monoisotopic (exact) mass is 287 g/mol. The van der Waals surface area contributed by atoms with Crippen LogP contribution in [-0.2, 0) is 0 Å². The lowest BCUT2D eigenvalue weighted by Crippen LogP contribution is -2.42. The Labute approximate surface area is 127 Å². The van der Waals surface area contributed by atoms with Crippen molar-refractivity contribution >= 4 is 5.96 Å². The Balaban J connectivity index is 1.61. The predicted molar refractivity (Wildman–Crippen MR) is 85.7 cm³/mol. The summed E-state index contributed by atoms with van der Waals surface area (Å²) >= 11 is 0. The summed E-state index contributed by atoms with van der Waals surface area (Å²) in [6.07, 6.45) is 4.83. The number of para-hydroxylation sites is 1. The van der Waals surface area contributed by atoms with Crippen LogP contribution in [-0.4, -0.2) is 25.7 Å². The van der Waals surface area contributed by atoms with E-state index < -0.39 is 0 Å². The van der Waals surface area contributed by atoms with E-state index in [4.69, 9.17) is 4.74 Å². The van der Waals surface area contributed by atoms with Gasteiger partial charge in [-0.15, -0.1) is 0 Å². The molecule has 1 aromatic carbocycles. The van der Waals surface area contributed by atoms with Crippen molar-refractivity contribution in [2.45, 2.75) is 44.7 Å². The Kier molecular flexibility index (Phi) is 4.32. The van der Waals surface area contributed by atoms with Crippen LogP contribution in [0.5, 0.6) is 5.75 Å². The Morgan fingerprint density at radius 2 is 2.19 bits per heavy atom. The Hall–Kier alpha value is -1.71. The standard InChI is InChI=1S/C17H25N3O/c1-3-6-12-11-15(12)20-17(18-2)19-14-9-10-21-16-8-5-4-7-13(14)16/h4-5,7-8,12,14-15H,3,6,9-11H2,1-2H3,(H2,18,19,20). The molecule has 0 aromatic heterocycles. The van der Waals surface area contributed by atoms with Gasteiger partial charge in [-0.1, -0.05) is 31.5 Å². The lowest BCUT2D eigenvalue weighted by atomic mass is 10.0. The third kappa shape index (κ3) is 3.31. The molecule has 1 heterocycles. The number of nitrogens with one attached hydrogen (secondary N) is 2. The van der Waals surface area contributed by atoms with Gasteiger partial charge in [-0.2, -0.15) is 0 Å². The largest absolute Gasteiger partial charge is 0.493 e. The molecule has 21 heavy (non-hydrogen) atoms. The first-order valence-corrected chi connectivity index (χ1v) is 8.03. The van der Waals surface area contributed by atoms with Gasteiger partial charge in [0.1, 0.15) is 5.75 Å². The fourth-order valence-electron chi connectivity index (χ4n) is 3.12. The van der Waals surface area contributed by atoms with Crippen LogP contribution in [0.15, 0.2) is 29.3 Å². The summed E-state index contributed by atoms with van der Waals surface area (Å²) in [5.41, 5.74) is 1.23. The number of hydrogen-bond donors (Lipinski definition) is 2. The highest BCUT2D eigenvalue weighted by Gasteiger charge is 2.37. The van der Waals surface area contributed by atoms with Gasteiger partial charge < -0.3 is 15.4 Å². The van der Waals surface area contributed by atoms with Gasteiger partial charge in [0.05, 0.1) is 12.6 Å². The topological polar surface area (TPSA) is 45.7 Å². The van der Waals surface area contributed by atoms with E-state index in [2.05, 4.69) is 34.7 Å². The molecule has 1 aromatic rings. The molecule has 1 aliphatic carbocycles. The molecule has 3 atom stereocenters. The number of aliphatic imine (C=N–C) groups is 1. The van der Waals surface area contributed by atoms with E-state index >= 15 is 0 Å². The van der Waals surface area contributed by atoms with E-state index in [0.717, 1.165) is 30.7 Å². The highest BCUT2D eigenvalue weighted by atomic mass is 16.5. The van der Waals surface area contributed by atoms with Gasteiger partial charge in [0, 0.05) is 25.1 Å². The van der Waals surface area contributed by atoms with Crippen molar-refractivity contribution in [1.29, 1.82) is 0 Å². The highest BCUT2D eigenvalue weighted by Crippen LogP contribution is 2.35. The van der Waals surface area contributed by atoms with Gasteiger partial charge >= 0.3 is 0 Å². The zero-order chi connectivity index (χ0) is 14.7. The van der Waals surface area contributed by atoms with Crippen molar-refractivity contribution in [1.82, 2.24) is 10.6 Å². The second kappa shape index (κ2) is 6.37. The summed E-state index contributed by atoms with van der Waals surface area (Å²) in [6.45, 7) is 3.01. The number of guanidine groups is 1. The first-order chi connectivity index (χ1) is 10.3. The quantitative estimate of drug-likeness (QED) is 0.661. The maximum Gasteiger partial charge on any atom is 0.191 e. The second-order valence-electron chi connectivity index (χ2n) is 5.98. The lowest BCUT2D eigenvalue weighted by molar-refractivity contribution is 0.261. The summed E-state index contributed by atoms with van der Waals surface area (Å²) < 4.78 is 5.71. The minimum Gasteiger partial charge on any atom is -0.493 e. The fraction of sp³-hybridized carbons (Fsp3) is 0.588. The van der Waals surface area contributed by atoms with Crippen molar-refractivity contribution in [3.05, 3.63) is 29.8 Å². The van der Waals surface area contributed by atoms with E-state index in [9.17, 15) is 0 Å². The molecule has 0 amide bonds. The first kappa shape index (κ1) is 14.2. The molecule has 0 bridgehead atoms. The molecule has 3 unspecified atom stereocenters. The number of nitrogens with zero attached hydrogens (tertiary/aromatic N) is 1. The van der Waals surface area contributed by atoms with Gasteiger partial charge in [0.2, 0.25) is 0 Å². The molecule has 2 N–H and O–H groups in total. The minimum absolute atomic E-state index is 0.282. The molecule has 114 valence electrons. The smallest absolute Gasteiger partial charge is 0.191 e. The van der Waals surface area contributed by atoms with Crippen molar-refractivity contribution in [3.63, 3.8) is 0 Å². The lowest BCUT2D eigenvalue weighted by Gasteiger charge is -2.28. The average molecular weight is 287 g/mol. The number of hydrogen-bond acceptors (Lipinski definition) is 2. The Morgan fingerprint density at radius 3 is 3.00 bits per heavy atom. The minimum atomic E-state index is 0.282. The first-order valence-electron chi connectivity index (χ1n) is 8.03. The molecule has 4 nitrogen and oxygen atoms in total. The molecule has 0 saturated heterocycles. The zero-order valence-electron chi connectivity index (χ0n) is 12.9. The molecule has 4 heteroatoms. The summed E-state index contributed by atoms with van der Waals surface area (Å²) in [7, 11) is 1.85. The van der Waals surface area contributed by atoms with Gasteiger partial charge in [-0.25, -0.2) is 0 Å². The molecule has 0 radical (unpaired) electrons. The van der Waals surface area contributed by atoms with Crippen LogP contribution in [0.1, 0.15) is 44.2 Å².